The van der Waals surface area contributed by atoms with E-state index in [1.807, 2.05) is 50.3 Å². The second-order valence-corrected chi connectivity index (χ2v) is 15.1. The molecule has 1 heterocycles. The first kappa shape index (κ1) is 39.6. The van der Waals surface area contributed by atoms with E-state index in [0.29, 0.717) is 0 Å². The van der Waals surface area contributed by atoms with Crippen molar-refractivity contribution in [2.45, 2.75) is 53.4 Å². The van der Waals surface area contributed by atoms with Crippen molar-refractivity contribution in [2.75, 3.05) is 5.32 Å². The minimum absolute atomic E-state index is 0.0686. The summed E-state index contributed by atoms with van der Waals surface area (Å²) in [6.45, 7) is 20.8. The molecule has 0 saturated carbocycles. The second-order valence-electron chi connectivity index (χ2n) is 15.1. The third-order valence-electron chi connectivity index (χ3n) is 11.2. The zero-order chi connectivity index (χ0) is 40.8. The van der Waals surface area contributed by atoms with Crippen LogP contribution in [0.5, 0.6) is 0 Å². The number of aryl methyl sites for hydroxylation is 2. The van der Waals surface area contributed by atoms with Crippen molar-refractivity contribution in [1.29, 1.82) is 0 Å². The molecule has 288 valence electrons. The lowest BCUT2D eigenvalue weighted by Gasteiger charge is -2.23. The summed E-state index contributed by atoms with van der Waals surface area (Å²) in [4.78, 5) is 0. The first-order valence-electron chi connectivity index (χ1n) is 20.5. The van der Waals surface area contributed by atoms with Crippen LogP contribution in [0, 0.1) is 6.92 Å². The van der Waals surface area contributed by atoms with Gasteiger partial charge in [-0.25, -0.2) is 0 Å². The Morgan fingerprint density at radius 2 is 1.19 bits per heavy atom. The summed E-state index contributed by atoms with van der Waals surface area (Å²) >= 11 is 0. The lowest BCUT2D eigenvalue weighted by molar-refractivity contribution is 0.660. The Hall–Kier alpha value is -6.64. The number of nitrogens with one attached hydrogen (secondary N) is 1. The monoisotopic (exact) mass is 755 g/mol. The maximum atomic E-state index is 5.92. The van der Waals surface area contributed by atoms with E-state index in [0.717, 1.165) is 34.5 Å². The van der Waals surface area contributed by atoms with E-state index < -0.39 is 0 Å². The second kappa shape index (κ2) is 17.2. The maximum Gasteiger partial charge on any atom is 0.135 e. The number of para-hydroxylation sites is 1. The van der Waals surface area contributed by atoms with Gasteiger partial charge in [-0.1, -0.05) is 169 Å². The van der Waals surface area contributed by atoms with Crippen LogP contribution < -0.4 is 5.32 Å². The van der Waals surface area contributed by atoms with Crippen molar-refractivity contribution in [3.05, 3.63) is 211 Å². The zero-order valence-corrected chi connectivity index (χ0v) is 34.7. The van der Waals surface area contributed by atoms with Crippen LogP contribution in [-0.4, -0.2) is 0 Å². The van der Waals surface area contributed by atoms with Gasteiger partial charge in [-0.2, -0.15) is 0 Å². The molecule has 0 amide bonds. The number of allylic oxidation sites excluding steroid dienone is 4. The lowest BCUT2D eigenvalue weighted by atomic mass is 9.81. The van der Waals surface area contributed by atoms with Crippen LogP contribution in [0.4, 0.5) is 11.4 Å². The average Bonchev–Trinajstić information content (AvgIpc) is 3.75. The van der Waals surface area contributed by atoms with Gasteiger partial charge in [-0.05, 0) is 129 Å². The van der Waals surface area contributed by atoms with Gasteiger partial charge in [0.05, 0.1) is 0 Å². The van der Waals surface area contributed by atoms with E-state index in [2.05, 4.69) is 180 Å². The number of furan rings is 1. The molecule has 2 nitrogen and oxygen atoms in total. The predicted octanol–water partition coefficient (Wildman–Crippen LogP) is 16.3. The number of benzene rings is 7. The van der Waals surface area contributed by atoms with Crippen LogP contribution in [0.3, 0.4) is 0 Å². The van der Waals surface area contributed by atoms with E-state index in [-0.39, 0.29) is 5.41 Å². The zero-order valence-electron chi connectivity index (χ0n) is 34.7. The van der Waals surface area contributed by atoms with Crippen LogP contribution in [0.2, 0.25) is 0 Å². The Kier molecular flexibility index (Phi) is 11.8. The topological polar surface area (TPSA) is 25.2 Å². The lowest BCUT2D eigenvalue weighted by Crippen LogP contribution is -2.15. The summed E-state index contributed by atoms with van der Waals surface area (Å²) in [5, 5.41) is 5.95. The molecular formula is C56H53NO. The van der Waals surface area contributed by atoms with E-state index in [1.165, 1.54) is 72.0 Å². The van der Waals surface area contributed by atoms with Crippen LogP contribution in [-0.2, 0) is 11.8 Å². The van der Waals surface area contributed by atoms with Gasteiger partial charge in [0.15, 0.2) is 0 Å². The largest absolute Gasteiger partial charge is 0.456 e. The average molecular weight is 756 g/mol. The Bertz CT molecular complexity index is 2760. The third kappa shape index (κ3) is 7.84. The molecule has 58 heavy (non-hydrogen) atoms. The molecule has 9 rings (SSSR count). The summed E-state index contributed by atoms with van der Waals surface area (Å²) in [6.07, 6.45) is 6.79. The van der Waals surface area contributed by atoms with Crippen LogP contribution in [0.15, 0.2) is 187 Å². The van der Waals surface area contributed by atoms with Crippen molar-refractivity contribution in [2.24, 2.45) is 0 Å². The van der Waals surface area contributed by atoms with Crippen molar-refractivity contribution in [3.63, 3.8) is 0 Å². The van der Waals surface area contributed by atoms with Gasteiger partial charge in [0.25, 0.3) is 0 Å². The van der Waals surface area contributed by atoms with Gasteiger partial charge < -0.3 is 9.73 Å². The first-order valence-corrected chi connectivity index (χ1v) is 20.5. The Morgan fingerprint density at radius 3 is 1.88 bits per heavy atom. The number of rotatable bonds is 8. The smallest absolute Gasteiger partial charge is 0.135 e. The van der Waals surface area contributed by atoms with E-state index >= 15 is 0 Å². The molecule has 1 aliphatic carbocycles. The Labute approximate surface area is 344 Å². The van der Waals surface area contributed by atoms with Crippen LogP contribution >= 0.6 is 0 Å². The summed E-state index contributed by atoms with van der Waals surface area (Å²) in [6, 6.07) is 53.9. The number of hydrogen-bond acceptors (Lipinski definition) is 2. The molecule has 0 bridgehead atoms. The molecule has 8 aromatic rings. The highest BCUT2D eigenvalue weighted by molar-refractivity contribution is 6.06. The fourth-order valence-electron chi connectivity index (χ4n) is 8.13. The third-order valence-corrected chi connectivity index (χ3v) is 11.2. The number of fused-ring (bicyclic) bond motifs is 6. The Morgan fingerprint density at radius 1 is 0.603 bits per heavy atom. The Balaban J connectivity index is 0.000000172. The van der Waals surface area contributed by atoms with E-state index in [4.69, 9.17) is 4.42 Å². The van der Waals surface area contributed by atoms with E-state index in [9.17, 15) is 0 Å². The molecule has 1 N–H and O–H groups in total. The molecule has 0 aliphatic heterocycles. The maximum absolute atomic E-state index is 5.92. The minimum atomic E-state index is -0.0686. The van der Waals surface area contributed by atoms with Gasteiger partial charge in [-0.3, -0.25) is 0 Å². The molecule has 0 radical (unpaired) electrons. The highest BCUT2D eigenvalue weighted by Gasteiger charge is 2.35. The molecule has 2 heteroatoms. The van der Waals surface area contributed by atoms with Gasteiger partial charge >= 0.3 is 0 Å². The SMILES string of the molecule is C=C/C=C(\C=C)c1ccc2c(c1)C(C)(C)c1cc(Nc3ccc(CC)c(C)c3)ccc1-2.CC.c1ccc(-c2ccc(-c3ccc4oc5ccccc5c4c3)cc2)cc1. The molecule has 0 atom stereocenters. The molecule has 7 aromatic carbocycles. The quantitative estimate of drug-likeness (QED) is 0.156. The molecule has 0 unspecified atom stereocenters. The van der Waals surface area contributed by atoms with E-state index in [1.54, 1.807) is 0 Å². The van der Waals surface area contributed by atoms with Gasteiger partial charge in [0.1, 0.15) is 11.2 Å². The molecule has 0 saturated heterocycles. The summed E-state index contributed by atoms with van der Waals surface area (Å²) < 4.78 is 5.92. The number of anilines is 2. The van der Waals surface area contributed by atoms with Crippen molar-refractivity contribution >= 4 is 38.9 Å². The summed E-state index contributed by atoms with van der Waals surface area (Å²) in [5.74, 6) is 0. The molecule has 0 spiro atoms. The predicted molar refractivity (Wildman–Crippen MR) is 252 cm³/mol. The number of hydrogen-bond donors (Lipinski definition) is 1. The normalized spacial score (nSPS) is 12.4. The fraction of sp³-hybridized carbons (Fsp3) is 0.143. The highest BCUT2D eigenvalue weighted by Crippen LogP contribution is 2.50. The van der Waals surface area contributed by atoms with Gasteiger partial charge in [0.2, 0.25) is 0 Å². The first-order chi connectivity index (χ1) is 28.3. The summed E-state index contributed by atoms with van der Waals surface area (Å²) in [5.41, 5.74) is 19.3. The van der Waals surface area contributed by atoms with Gasteiger partial charge in [-0.15, -0.1) is 0 Å². The highest BCUT2D eigenvalue weighted by atomic mass is 16.3. The molecule has 1 aromatic heterocycles. The van der Waals surface area contributed by atoms with Crippen LogP contribution in [0.1, 0.15) is 62.4 Å². The van der Waals surface area contributed by atoms with Crippen LogP contribution in [0.25, 0.3) is 60.9 Å². The fourth-order valence-corrected chi connectivity index (χ4v) is 8.13. The standard InChI is InChI=1S/C30H31N.C24H16O.C2H6/c1-7-10-22(9-3)23-12-15-26-27-16-14-25(19-29(27)30(5,6)28(26)18-23)31-24-13-11-21(8-2)20(4)17-24;1-2-6-17(7-3-1)18-10-12-19(13-11-18)20-14-15-24-22(16-20)21-8-4-5-9-23(21)25-24;1-2/h7,9-19,31H,1,3,8H2,2,4-6H3;1-16H;1-2H3/b22-10+;;. The van der Waals surface area contributed by atoms with Gasteiger partial charge in [0, 0.05) is 27.6 Å². The summed E-state index contributed by atoms with van der Waals surface area (Å²) in [7, 11) is 0. The van der Waals surface area contributed by atoms with Crippen molar-refractivity contribution < 1.29 is 4.42 Å². The minimum Gasteiger partial charge on any atom is -0.456 e. The molecular weight excluding hydrogens is 703 g/mol. The molecule has 0 fully saturated rings. The van der Waals surface area contributed by atoms with Crippen molar-refractivity contribution in [1.82, 2.24) is 0 Å². The molecule has 1 aliphatic rings. The van der Waals surface area contributed by atoms with Crippen molar-refractivity contribution in [3.8, 4) is 33.4 Å².